The summed E-state index contributed by atoms with van der Waals surface area (Å²) in [5.41, 5.74) is 0.985. The van der Waals surface area contributed by atoms with Gasteiger partial charge in [0, 0.05) is 44.9 Å². The molecule has 1 saturated heterocycles. The number of nitrogens with one attached hydrogen (secondary N) is 3. The maximum atomic E-state index is 14.0. The second-order valence-corrected chi connectivity index (χ2v) is 12.1. The lowest BCUT2D eigenvalue weighted by atomic mass is 9.76. The number of amides is 2. The number of pyridine rings is 1. The first-order valence-corrected chi connectivity index (χ1v) is 15.0. The number of aromatic amines is 1. The summed E-state index contributed by atoms with van der Waals surface area (Å²) >= 11 is 0. The monoisotopic (exact) mass is 617 g/mol. The molecule has 3 aromatic rings. The van der Waals surface area contributed by atoms with Gasteiger partial charge in [0.05, 0.1) is 22.7 Å². The molecule has 3 aliphatic rings. The van der Waals surface area contributed by atoms with Crippen LogP contribution in [0.3, 0.4) is 0 Å². The second-order valence-electron chi connectivity index (χ2n) is 12.1. The van der Waals surface area contributed by atoms with E-state index in [1.165, 1.54) is 0 Å². The largest absolute Gasteiger partial charge is 0.445 e. The number of aromatic nitrogens is 3. The van der Waals surface area contributed by atoms with E-state index in [1.807, 2.05) is 30.3 Å². The molecule has 44 heavy (non-hydrogen) atoms. The van der Waals surface area contributed by atoms with Crippen LogP contribution < -0.4 is 10.6 Å². The van der Waals surface area contributed by atoms with Crippen LogP contribution >= 0.6 is 0 Å². The van der Waals surface area contributed by atoms with Crippen molar-refractivity contribution in [3.8, 4) is 0 Å². The minimum Gasteiger partial charge on any atom is -0.445 e. The first-order chi connectivity index (χ1) is 21.0. The zero-order valence-electron chi connectivity index (χ0n) is 24.1. The topological polar surface area (TPSA) is 118 Å². The van der Waals surface area contributed by atoms with Gasteiger partial charge in [-0.3, -0.25) is 4.79 Å². The molecule has 0 spiro atoms. The number of halogens is 4. The number of hydrogen-bond acceptors (Lipinski definition) is 6. The lowest BCUT2D eigenvalue weighted by Crippen LogP contribution is -2.49. The highest BCUT2D eigenvalue weighted by atomic mass is 19.3. The Labute approximate surface area is 251 Å². The van der Waals surface area contributed by atoms with Crippen molar-refractivity contribution in [1.29, 1.82) is 0 Å². The number of carbonyl (C=O) groups is 2. The molecule has 236 valence electrons. The van der Waals surface area contributed by atoms with Gasteiger partial charge in [0.15, 0.2) is 5.65 Å². The average molecular weight is 618 g/mol. The van der Waals surface area contributed by atoms with Crippen LogP contribution in [0.25, 0.3) is 11.2 Å². The van der Waals surface area contributed by atoms with E-state index in [4.69, 9.17) is 14.5 Å². The van der Waals surface area contributed by atoms with Gasteiger partial charge in [-0.1, -0.05) is 30.3 Å². The maximum absolute atomic E-state index is 14.0. The molecule has 1 unspecified atom stereocenters. The fraction of sp³-hybridized carbons (Fsp3) is 0.548. The molecule has 0 bridgehead atoms. The molecule has 3 fully saturated rings. The molecule has 2 atom stereocenters. The number of ether oxygens (including phenoxy) is 2. The third kappa shape index (κ3) is 6.52. The van der Waals surface area contributed by atoms with Gasteiger partial charge in [-0.2, -0.15) is 0 Å². The predicted octanol–water partition coefficient (Wildman–Crippen LogP) is 5.57. The van der Waals surface area contributed by atoms with E-state index in [0.29, 0.717) is 43.1 Å². The number of alkyl carbamates (subject to hydrolysis) is 1. The Hall–Kier alpha value is -3.74. The van der Waals surface area contributed by atoms with E-state index >= 15 is 0 Å². The number of H-pyrrole nitrogens is 1. The van der Waals surface area contributed by atoms with E-state index in [1.54, 1.807) is 12.1 Å². The molecule has 2 saturated carbocycles. The zero-order valence-corrected chi connectivity index (χ0v) is 24.1. The minimum atomic E-state index is -2.76. The number of fused-ring (bicyclic) bond motifs is 1. The number of benzene rings is 1. The maximum Gasteiger partial charge on any atom is 0.408 e. The predicted molar refractivity (Wildman–Crippen MR) is 151 cm³/mol. The van der Waals surface area contributed by atoms with Crippen molar-refractivity contribution in [3.63, 3.8) is 0 Å². The number of imidazole rings is 1. The number of carbonyl (C=O) groups excluding carboxylic acids is 2. The second kappa shape index (κ2) is 12.0. The smallest absolute Gasteiger partial charge is 0.408 e. The van der Waals surface area contributed by atoms with Crippen molar-refractivity contribution in [3.05, 3.63) is 59.5 Å². The molecular weight excluding hydrogens is 582 g/mol. The highest BCUT2D eigenvalue weighted by Crippen LogP contribution is 2.48. The van der Waals surface area contributed by atoms with Gasteiger partial charge >= 0.3 is 6.09 Å². The SMILES string of the molecule is O=C(N[C@H](c1nc2nc(C3(C(=O)NCC4CC4(F)F)CCOCC3)ccc2[nH]1)C1CCC(F)(F)CC1)OCc1ccccc1. The molecule has 2 amide bonds. The van der Waals surface area contributed by atoms with Crippen molar-refractivity contribution in [2.24, 2.45) is 11.8 Å². The van der Waals surface area contributed by atoms with Crippen LogP contribution in [0.5, 0.6) is 0 Å². The number of hydrogen-bond donors (Lipinski definition) is 3. The van der Waals surface area contributed by atoms with E-state index in [2.05, 4.69) is 20.6 Å². The van der Waals surface area contributed by atoms with Crippen molar-refractivity contribution in [2.45, 2.75) is 74.9 Å². The van der Waals surface area contributed by atoms with Crippen LogP contribution in [0, 0.1) is 11.8 Å². The molecular formula is C31H35F4N5O4. The molecule has 3 N–H and O–H groups in total. The first-order valence-electron chi connectivity index (χ1n) is 15.0. The van der Waals surface area contributed by atoms with E-state index < -0.39 is 35.3 Å². The summed E-state index contributed by atoms with van der Waals surface area (Å²) in [6.45, 7) is 0.542. The van der Waals surface area contributed by atoms with Crippen molar-refractivity contribution in [1.82, 2.24) is 25.6 Å². The summed E-state index contributed by atoms with van der Waals surface area (Å²) < 4.78 is 65.9. The van der Waals surface area contributed by atoms with E-state index in [0.717, 1.165) is 5.56 Å². The molecule has 2 aliphatic carbocycles. The van der Waals surface area contributed by atoms with E-state index in [-0.39, 0.29) is 62.7 Å². The summed E-state index contributed by atoms with van der Waals surface area (Å²) in [6, 6.07) is 11.9. The van der Waals surface area contributed by atoms with Crippen LogP contribution in [0.15, 0.2) is 42.5 Å². The Kier molecular flexibility index (Phi) is 8.25. The molecule has 2 aromatic heterocycles. The fourth-order valence-corrected chi connectivity index (χ4v) is 6.22. The molecule has 1 aromatic carbocycles. The summed E-state index contributed by atoms with van der Waals surface area (Å²) in [5.74, 6) is -6.73. The van der Waals surface area contributed by atoms with Crippen LogP contribution in [-0.2, 0) is 26.3 Å². The Bertz CT molecular complexity index is 1480. The number of rotatable bonds is 9. The summed E-state index contributed by atoms with van der Waals surface area (Å²) in [4.78, 5) is 38.9. The van der Waals surface area contributed by atoms with Gasteiger partial charge in [-0.05, 0) is 49.3 Å². The van der Waals surface area contributed by atoms with Crippen molar-refractivity contribution >= 4 is 23.2 Å². The molecule has 1 aliphatic heterocycles. The quantitative estimate of drug-likeness (QED) is 0.270. The first kappa shape index (κ1) is 30.3. The fourth-order valence-electron chi connectivity index (χ4n) is 6.22. The molecule has 0 radical (unpaired) electrons. The van der Waals surface area contributed by atoms with Crippen LogP contribution in [-0.4, -0.2) is 58.6 Å². The minimum absolute atomic E-state index is 0.0411. The van der Waals surface area contributed by atoms with Crippen molar-refractivity contribution < 1.29 is 36.6 Å². The standard InChI is InChI=1S/C31H35F4N5O4/c32-30(33)10-8-20(9-11-30)24(39-28(42)44-18-19-4-2-1-3-5-19)26-37-22-6-7-23(38-25(22)40-26)29(12-14-43-15-13-29)27(41)36-17-21-16-31(21,34)35/h1-7,20-21,24H,8-18H2,(H,36,41)(H,39,42)(H,37,38,40)/t21?,24-/m0/s1. The lowest BCUT2D eigenvalue weighted by molar-refractivity contribution is -0.130. The highest BCUT2D eigenvalue weighted by molar-refractivity contribution is 5.88. The van der Waals surface area contributed by atoms with Gasteiger partial charge in [0.1, 0.15) is 12.4 Å². The lowest BCUT2D eigenvalue weighted by Gasteiger charge is -2.35. The summed E-state index contributed by atoms with van der Waals surface area (Å²) in [6.07, 6.45) is -0.548. The highest BCUT2D eigenvalue weighted by Gasteiger charge is 2.57. The van der Waals surface area contributed by atoms with Crippen molar-refractivity contribution in [2.75, 3.05) is 19.8 Å². The van der Waals surface area contributed by atoms with E-state index in [9.17, 15) is 27.2 Å². The average Bonchev–Trinajstić information content (AvgIpc) is 3.42. The Morgan fingerprint density at radius 3 is 2.39 bits per heavy atom. The van der Waals surface area contributed by atoms with Crippen LogP contribution in [0.1, 0.15) is 68.1 Å². The molecule has 13 heteroatoms. The molecule has 3 heterocycles. The van der Waals surface area contributed by atoms with Gasteiger partial charge in [-0.15, -0.1) is 0 Å². The summed E-state index contributed by atoms with van der Waals surface area (Å²) in [7, 11) is 0. The zero-order chi connectivity index (χ0) is 31.0. The Balaban J connectivity index is 1.24. The summed E-state index contributed by atoms with van der Waals surface area (Å²) in [5, 5.41) is 5.55. The number of alkyl halides is 4. The van der Waals surface area contributed by atoms with Gasteiger partial charge in [0.2, 0.25) is 11.8 Å². The third-order valence-corrected chi connectivity index (χ3v) is 9.11. The van der Waals surface area contributed by atoms with Gasteiger partial charge in [0.25, 0.3) is 5.92 Å². The van der Waals surface area contributed by atoms with Crippen LogP contribution in [0.4, 0.5) is 22.4 Å². The Morgan fingerprint density at radius 1 is 1.00 bits per heavy atom. The third-order valence-electron chi connectivity index (χ3n) is 9.11. The van der Waals surface area contributed by atoms with Gasteiger partial charge in [-0.25, -0.2) is 32.3 Å². The van der Waals surface area contributed by atoms with Crippen LogP contribution in [0.2, 0.25) is 0 Å². The molecule has 9 nitrogen and oxygen atoms in total. The normalized spacial score (nSPS) is 23.0. The molecule has 6 rings (SSSR count). The van der Waals surface area contributed by atoms with Gasteiger partial charge < -0.3 is 25.1 Å². The Morgan fingerprint density at radius 2 is 1.70 bits per heavy atom. The number of nitrogens with zero attached hydrogens (tertiary/aromatic N) is 2.